The third-order valence-corrected chi connectivity index (χ3v) is 17.2. The van der Waals surface area contributed by atoms with Crippen LogP contribution in [0.15, 0.2) is 133 Å². The van der Waals surface area contributed by atoms with Gasteiger partial charge >= 0.3 is 25.2 Å². The molecule has 4 saturated carbocycles. The highest BCUT2D eigenvalue weighted by molar-refractivity contribution is 5.73. The maximum atomic E-state index is 12.9. The molecule has 0 aromatic heterocycles. The lowest BCUT2D eigenvalue weighted by molar-refractivity contribution is -0.142. The van der Waals surface area contributed by atoms with Gasteiger partial charge in [-0.15, -0.1) is 0 Å². The summed E-state index contributed by atoms with van der Waals surface area (Å²) in [6, 6.07) is 42.8. The topological polar surface area (TPSA) is 89.5 Å². The number of halogens is 4. The van der Waals surface area contributed by atoms with E-state index < -0.39 is 13.2 Å². The highest BCUT2D eigenvalue weighted by Crippen LogP contribution is 2.53. The van der Waals surface area contributed by atoms with Crippen LogP contribution in [0.3, 0.4) is 0 Å². The van der Waals surface area contributed by atoms with E-state index in [0.717, 1.165) is 120 Å². The van der Waals surface area contributed by atoms with Crippen LogP contribution in [-0.2, 0) is 32.3 Å². The Morgan fingerprint density at radius 2 is 0.875 bits per heavy atom. The summed E-state index contributed by atoms with van der Waals surface area (Å²) in [4.78, 5) is 24.0. The van der Waals surface area contributed by atoms with Crippen LogP contribution in [0.25, 0.3) is 22.3 Å². The van der Waals surface area contributed by atoms with E-state index in [1.807, 2.05) is 36.4 Å². The summed E-state index contributed by atoms with van der Waals surface area (Å²) >= 11 is 0. The summed E-state index contributed by atoms with van der Waals surface area (Å²) < 4.78 is 83.3. The van der Waals surface area contributed by atoms with Gasteiger partial charge in [-0.25, -0.2) is 0 Å². The molecule has 4 aliphatic carbocycles. The monoisotopic (exact) mass is 1100 g/mol. The van der Waals surface area contributed by atoms with E-state index in [2.05, 4.69) is 97.8 Å². The number of carbonyl (C=O) groups is 2. The molecule has 12 heteroatoms. The maximum Gasteiger partial charge on any atom is 0.387 e. The fourth-order valence-corrected chi connectivity index (χ4v) is 12.6. The van der Waals surface area contributed by atoms with Crippen molar-refractivity contribution in [3.05, 3.63) is 167 Å². The largest absolute Gasteiger partial charge is 0.489 e. The van der Waals surface area contributed by atoms with E-state index in [-0.39, 0.29) is 46.1 Å². The quantitative estimate of drug-likeness (QED) is 0.0491. The van der Waals surface area contributed by atoms with Crippen molar-refractivity contribution in [2.75, 3.05) is 14.2 Å². The number of hydrogen-bond donors (Lipinski definition) is 0. The zero-order valence-corrected chi connectivity index (χ0v) is 47.0. The van der Waals surface area contributed by atoms with Gasteiger partial charge in [-0.05, 0) is 202 Å². The van der Waals surface area contributed by atoms with Crippen molar-refractivity contribution < 1.29 is 55.6 Å². The minimum atomic E-state index is -2.86. The first-order valence-electron chi connectivity index (χ1n) is 28.4. The van der Waals surface area contributed by atoms with Gasteiger partial charge < -0.3 is 28.4 Å². The van der Waals surface area contributed by atoms with Gasteiger partial charge in [-0.1, -0.05) is 125 Å². The van der Waals surface area contributed by atoms with Crippen LogP contribution in [0, 0.1) is 22.7 Å². The summed E-state index contributed by atoms with van der Waals surface area (Å²) in [5.41, 5.74) is 10.9. The Balaban J connectivity index is 0.000000194. The van der Waals surface area contributed by atoms with Gasteiger partial charge in [0.25, 0.3) is 0 Å². The molecular weight excluding hydrogens is 1020 g/mol. The highest BCUT2D eigenvalue weighted by Gasteiger charge is 2.39. The van der Waals surface area contributed by atoms with Crippen LogP contribution >= 0.6 is 0 Å². The van der Waals surface area contributed by atoms with E-state index in [4.69, 9.17) is 18.9 Å². The smallest absolute Gasteiger partial charge is 0.387 e. The van der Waals surface area contributed by atoms with Crippen molar-refractivity contribution in [1.29, 1.82) is 0 Å². The molecule has 0 aliphatic heterocycles. The Labute approximate surface area is 469 Å². The lowest BCUT2D eigenvalue weighted by Gasteiger charge is -2.30. The Bertz CT molecular complexity index is 2870. The summed E-state index contributed by atoms with van der Waals surface area (Å²) in [5, 5.41) is 0. The maximum absolute atomic E-state index is 12.9. The molecule has 0 spiro atoms. The summed E-state index contributed by atoms with van der Waals surface area (Å²) in [5.74, 6) is 3.54. The molecule has 0 radical (unpaired) electrons. The molecule has 4 fully saturated rings. The number of ether oxygens (including phenoxy) is 6. The molecule has 4 aliphatic rings. The summed E-state index contributed by atoms with van der Waals surface area (Å²) in [6.07, 6.45) is 12.1. The Hall–Kier alpha value is -6.82. The molecular formula is C68H76F4O8. The molecule has 0 amide bonds. The predicted molar refractivity (Wildman–Crippen MR) is 304 cm³/mol. The second-order valence-electron chi connectivity index (χ2n) is 23.7. The molecule has 4 atom stereocenters. The van der Waals surface area contributed by atoms with E-state index in [1.54, 1.807) is 36.4 Å². The van der Waals surface area contributed by atoms with E-state index >= 15 is 0 Å². The van der Waals surface area contributed by atoms with Gasteiger partial charge in [-0.2, -0.15) is 17.6 Å². The molecule has 6 aromatic rings. The number of esters is 2. The molecule has 424 valence electrons. The van der Waals surface area contributed by atoms with Crippen LogP contribution in [0.2, 0.25) is 0 Å². The van der Waals surface area contributed by atoms with Gasteiger partial charge in [0.2, 0.25) is 0 Å². The van der Waals surface area contributed by atoms with Gasteiger partial charge in [-0.3, -0.25) is 9.59 Å². The van der Waals surface area contributed by atoms with Crippen molar-refractivity contribution in [3.63, 3.8) is 0 Å². The molecule has 0 saturated heterocycles. The molecule has 0 N–H and O–H groups in total. The molecule has 10 rings (SSSR count). The van der Waals surface area contributed by atoms with E-state index in [9.17, 15) is 27.2 Å². The summed E-state index contributed by atoms with van der Waals surface area (Å²) in [7, 11) is 2.87. The van der Waals surface area contributed by atoms with Crippen LogP contribution in [-0.4, -0.2) is 39.4 Å². The standard InChI is InChI=1S/2C34H38F2O4/c2*1-34(2)16-6-11-31(34)30-17-22(12-15-28(30)24-7-5-10-27(19-24)40-33(35)36)21-39-26-9-4-8-25(18-26)29(23-13-14-23)20-32(37)38-3/h2*4-5,7-10,12,15,17-19,23,29,31,33H,6,11,13-14,16,20-21H2,1-3H3/t29-,31+;29-,31-/m11/s1. The zero-order chi connectivity index (χ0) is 56.6. The molecule has 80 heavy (non-hydrogen) atoms. The van der Waals surface area contributed by atoms with E-state index in [1.165, 1.54) is 25.3 Å². The van der Waals surface area contributed by atoms with Crippen LogP contribution < -0.4 is 18.9 Å². The fraction of sp³-hybridized carbons (Fsp3) is 0.441. The SMILES string of the molecule is COC(=O)C[C@@H](c1cccc(OCc2ccc(-c3cccc(OC(F)F)c3)c([C@@H]3CCCC3(C)C)c2)c1)C1CC1.COC(=O)C[C@@H](c1cccc(OCc2ccc(-c3cccc(OC(F)F)c3)c([C@H]3CCCC3(C)C)c2)c1)C1CC1. The van der Waals surface area contributed by atoms with Crippen molar-refractivity contribution in [2.24, 2.45) is 22.7 Å². The Kier molecular flexibility index (Phi) is 18.6. The van der Waals surface area contributed by atoms with Gasteiger partial charge in [0.05, 0.1) is 27.1 Å². The molecule has 6 aromatic carbocycles. The first-order valence-corrected chi connectivity index (χ1v) is 28.4. The fourth-order valence-electron chi connectivity index (χ4n) is 12.6. The average molecular weight is 1100 g/mol. The normalized spacial score (nSPS) is 18.9. The van der Waals surface area contributed by atoms with E-state index in [0.29, 0.717) is 49.7 Å². The van der Waals surface area contributed by atoms with Crippen molar-refractivity contribution in [2.45, 2.75) is 155 Å². The summed E-state index contributed by atoms with van der Waals surface area (Å²) in [6.45, 7) is 4.33. The number of rotatable bonds is 22. The number of methoxy groups -OCH3 is 2. The number of hydrogen-bond acceptors (Lipinski definition) is 8. The molecule has 0 unspecified atom stereocenters. The lowest BCUT2D eigenvalue weighted by Crippen LogP contribution is -2.16. The van der Waals surface area contributed by atoms with Gasteiger partial charge in [0.15, 0.2) is 0 Å². The van der Waals surface area contributed by atoms with Gasteiger partial charge in [0, 0.05) is 0 Å². The first-order chi connectivity index (χ1) is 38.5. The second-order valence-corrected chi connectivity index (χ2v) is 23.7. The number of benzene rings is 6. The minimum absolute atomic E-state index is 0.136. The average Bonchev–Trinajstić information content (AvgIpc) is 4.47. The predicted octanol–water partition coefficient (Wildman–Crippen LogP) is 17.8. The first kappa shape index (κ1) is 57.9. The second kappa shape index (κ2) is 25.7. The Morgan fingerprint density at radius 3 is 1.23 bits per heavy atom. The van der Waals surface area contributed by atoms with Crippen LogP contribution in [0.1, 0.15) is 162 Å². The zero-order valence-electron chi connectivity index (χ0n) is 47.0. The van der Waals surface area contributed by atoms with Crippen LogP contribution in [0.5, 0.6) is 23.0 Å². The number of carbonyl (C=O) groups excluding carboxylic acids is 2. The van der Waals surface area contributed by atoms with Crippen molar-refractivity contribution in [1.82, 2.24) is 0 Å². The highest BCUT2D eigenvalue weighted by atomic mass is 19.3. The third kappa shape index (κ3) is 14.9. The Morgan fingerprint density at radius 1 is 0.487 bits per heavy atom. The van der Waals surface area contributed by atoms with Gasteiger partial charge in [0.1, 0.15) is 36.2 Å². The van der Waals surface area contributed by atoms with Crippen molar-refractivity contribution >= 4 is 11.9 Å². The van der Waals surface area contributed by atoms with Crippen LogP contribution in [0.4, 0.5) is 17.6 Å². The molecule has 8 nitrogen and oxygen atoms in total. The van der Waals surface area contributed by atoms with Crippen molar-refractivity contribution in [3.8, 4) is 45.3 Å². The minimum Gasteiger partial charge on any atom is -0.489 e. The molecule has 0 bridgehead atoms. The lowest BCUT2D eigenvalue weighted by atomic mass is 9.75. The molecule has 0 heterocycles. The number of alkyl halides is 4. The third-order valence-electron chi connectivity index (χ3n) is 17.2.